The van der Waals surface area contributed by atoms with Crippen molar-refractivity contribution in [3.05, 3.63) is 144 Å². The van der Waals surface area contributed by atoms with Crippen LogP contribution in [0, 0.1) is 0 Å². The number of anilines is 1. The predicted octanol–water partition coefficient (Wildman–Crippen LogP) is 4.03. The molecule has 4 aromatic carbocycles. The van der Waals surface area contributed by atoms with Crippen LogP contribution in [-0.2, 0) is 23.9 Å². The number of hydrogen-bond acceptors (Lipinski definition) is 8. The Morgan fingerprint density at radius 2 is 1.09 bits per heavy atom. The number of carbonyl (C=O) groups excluding carboxylic acids is 3. The fourth-order valence-electron chi connectivity index (χ4n) is 4.54. The van der Waals surface area contributed by atoms with Gasteiger partial charge in [0.15, 0.2) is 0 Å². The molecule has 0 aliphatic carbocycles. The van der Waals surface area contributed by atoms with Crippen LogP contribution >= 0.6 is 0 Å². The second-order valence-electron chi connectivity index (χ2n) is 9.95. The average molecular weight is 623 g/mol. The van der Waals surface area contributed by atoms with Crippen molar-refractivity contribution in [3.8, 4) is 0 Å². The van der Waals surface area contributed by atoms with E-state index in [1.807, 2.05) is 60.7 Å². The molecule has 1 amide bonds. The summed E-state index contributed by atoms with van der Waals surface area (Å²) < 4.78 is 9.52. The second-order valence-corrected chi connectivity index (χ2v) is 9.95. The first-order valence-electron chi connectivity index (χ1n) is 14.0. The zero-order chi connectivity index (χ0) is 33.2. The summed E-state index contributed by atoms with van der Waals surface area (Å²) in [7, 11) is 1.77. The number of carboxylic acids is 2. The summed E-state index contributed by atoms with van der Waals surface area (Å²) in [5.74, 6) is -5.73. The largest absolute Gasteiger partial charge is 0.478 e. The van der Waals surface area contributed by atoms with Crippen molar-refractivity contribution in [1.29, 1.82) is 0 Å². The van der Waals surface area contributed by atoms with Crippen molar-refractivity contribution in [2.75, 3.05) is 11.9 Å². The molecule has 11 heteroatoms. The van der Waals surface area contributed by atoms with Crippen molar-refractivity contribution < 1.29 is 43.7 Å². The van der Waals surface area contributed by atoms with Gasteiger partial charge in [-0.3, -0.25) is 4.79 Å². The molecule has 0 saturated carbocycles. The van der Waals surface area contributed by atoms with Crippen molar-refractivity contribution >= 4 is 41.0 Å². The highest BCUT2D eigenvalue weighted by Gasteiger charge is 2.41. The van der Waals surface area contributed by atoms with Gasteiger partial charge in [0.25, 0.3) is 0 Å². The number of nitrogens with zero attached hydrogens (tertiary/aromatic N) is 1. The van der Waals surface area contributed by atoms with Gasteiger partial charge in [0.05, 0.1) is 16.8 Å². The molecule has 0 radical (unpaired) electrons. The quantitative estimate of drug-likeness (QED) is 0.244. The summed E-state index contributed by atoms with van der Waals surface area (Å²) in [4.78, 5) is 60.7. The Balaban J connectivity index is 0.000000215. The van der Waals surface area contributed by atoms with Crippen LogP contribution in [0.2, 0.25) is 0 Å². The third-order valence-electron chi connectivity index (χ3n) is 6.85. The van der Waals surface area contributed by atoms with E-state index in [9.17, 15) is 34.2 Å². The molecule has 4 aromatic rings. The minimum absolute atomic E-state index is 0.0253. The molecule has 3 unspecified atom stereocenters. The van der Waals surface area contributed by atoms with Gasteiger partial charge in [0.1, 0.15) is 6.04 Å². The van der Waals surface area contributed by atoms with E-state index in [2.05, 4.69) is 0 Å². The summed E-state index contributed by atoms with van der Waals surface area (Å²) in [5, 5.41) is 18.5. The van der Waals surface area contributed by atoms with Gasteiger partial charge in [-0.25, -0.2) is 19.2 Å². The minimum atomic E-state index is -2.21. The van der Waals surface area contributed by atoms with Crippen LogP contribution in [0.25, 0.3) is 5.57 Å². The third kappa shape index (κ3) is 7.90. The molecule has 46 heavy (non-hydrogen) atoms. The molecular formula is C35H30N2O9. The van der Waals surface area contributed by atoms with Crippen LogP contribution in [0.3, 0.4) is 0 Å². The number of carboxylic acid groups (broad SMARTS) is 2. The number of fused-ring (bicyclic) bond motifs is 1. The van der Waals surface area contributed by atoms with E-state index in [0.29, 0.717) is 0 Å². The molecule has 1 aliphatic rings. The van der Waals surface area contributed by atoms with E-state index >= 15 is 0 Å². The topological polar surface area (TPSA) is 174 Å². The molecule has 3 atom stereocenters. The van der Waals surface area contributed by atoms with E-state index in [-0.39, 0.29) is 17.0 Å². The standard InChI is InChI=1S/C18H14O8.C17H16N2O/c19-15(20)13(25-17(23)11-7-3-1-4-8-11)14(16(21)22)26-18(24)12-9-5-2-6-10-12;1-19-16-10-6-5-9-13(16)14(11-15(18)17(19)20)12-7-3-2-4-8-12/h1-10,13-14H,(H,19,20)(H,21,22);2-11,15H,18H2,1H3. The molecular weight excluding hydrogens is 592 g/mol. The van der Waals surface area contributed by atoms with Crippen LogP contribution in [-0.4, -0.2) is 65.3 Å². The van der Waals surface area contributed by atoms with Crippen LogP contribution in [0.5, 0.6) is 0 Å². The predicted molar refractivity (Wildman–Crippen MR) is 168 cm³/mol. The molecule has 5 rings (SSSR count). The molecule has 0 bridgehead atoms. The monoisotopic (exact) mass is 622 g/mol. The van der Waals surface area contributed by atoms with Crippen LogP contribution < -0.4 is 10.6 Å². The lowest BCUT2D eigenvalue weighted by atomic mass is 9.96. The number of nitrogens with two attached hydrogens (primary N) is 1. The van der Waals surface area contributed by atoms with Gasteiger partial charge >= 0.3 is 23.9 Å². The van der Waals surface area contributed by atoms with Gasteiger partial charge in [0, 0.05) is 12.6 Å². The molecule has 1 heterocycles. The van der Waals surface area contributed by atoms with Gasteiger partial charge in [0.2, 0.25) is 18.1 Å². The lowest BCUT2D eigenvalue weighted by Crippen LogP contribution is -2.45. The molecule has 1 aliphatic heterocycles. The Labute approximate surface area is 264 Å². The SMILES string of the molecule is CN1C(=O)C(N)C=C(c2ccccc2)c2ccccc21.O=C(OC(C(=O)O)C(OC(=O)c1ccccc1)C(=O)O)c1ccccc1. The highest BCUT2D eigenvalue weighted by atomic mass is 16.6. The Morgan fingerprint density at radius 3 is 1.54 bits per heavy atom. The van der Waals surface area contributed by atoms with E-state index < -0.39 is 42.1 Å². The highest BCUT2D eigenvalue weighted by molar-refractivity contribution is 6.05. The van der Waals surface area contributed by atoms with Crippen LogP contribution in [0.15, 0.2) is 121 Å². The van der Waals surface area contributed by atoms with E-state index in [4.69, 9.17) is 15.2 Å². The van der Waals surface area contributed by atoms with E-state index in [1.165, 1.54) is 48.5 Å². The second kappa shape index (κ2) is 15.1. The van der Waals surface area contributed by atoms with Crippen LogP contribution in [0.4, 0.5) is 5.69 Å². The molecule has 0 aromatic heterocycles. The number of hydrogen-bond donors (Lipinski definition) is 3. The fraction of sp³-hybridized carbons (Fsp3) is 0.114. The zero-order valence-corrected chi connectivity index (χ0v) is 24.6. The summed E-state index contributed by atoms with van der Waals surface area (Å²) in [6.07, 6.45) is -2.58. The third-order valence-corrected chi connectivity index (χ3v) is 6.85. The molecule has 11 nitrogen and oxygen atoms in total. The maximum absolute atomic E-state index is 12.2. The molecule has 0 spiro atoms. The number of carbonyl (C=O) groups is 5. The fourth-order valence-corrected chi connectivity index (χ4v) is 4.54. The van der Waals surface area contributed by atoms with Gasteiger partial charge in [-0.05, 0) is 47.5 Å². The number of aliphatic carboxylic acids is 2. The molecule has 0 saturated heterocycles. The zero-order valence-electron chi connectivity index (χ0n) is 24.6. The van der Waals surface area contributed by atoms with Gasteiger partial charge in [-0.2, -0.15) is 0 Å². The van der Waals surface area contributed by atoms with Crippen molar-refractivity contribution in [3.63, 3.8) is 0 Å². The van der Waals surface area contributed by atoms with Gasteiger partial charge < -0.3 is 30.3 Å². The normalized spacial score (nSPS) is 15.0. The number of ether oxygens (including phenoxy) is 2. The van der Waals surface area contributed by atoms with E-state index in [1.54, 1.807) is 24.1 Å². The first kappa shape index (κ1) is 32.8. The average Bonchev–Trinajstić information content (AvgIpc) is 3.17. The van der Waals surface area contributed by atoms with Gasteiger partial charge in [-0.15, -0.1) is 0 Å². The maximum atomic E-state index is 12.2. The lowest BCUT2D eigenvalue weighted by molar-refractivity contribution is -0.166. The van der Waals surface area contributed by atoms with E-state index in [0.717, 1.165) is 22.4 Å². The van der Waals surface area contributed by atoms with Crippen molar-refractivity contribution in [1.82, 2.24) is 0 Å². The minimum Gasteiger partial charge on any atom is -0.478 e. The first-order valence-corrected chi connectivity index (χ1v) is 14.0. The highest BCUT2D eigenvalue weighted by Crippen LogP contribution is 2.34. The maximum Gasteiger partial charge on any atom is 0.349 e. The molecule has 0 fully saturated rings. The Kier molecular flexibility index (Phi) is 10.8. The molecule has 234 valence electrons. The Morgan fingerprint density at radius 1 is 0.674 bits per heavy atom. The summed E-state index contributed by atoms with van der Waals surface area (Å²) in [6.45, 7) is 0. The summed E-state index contributed by atoms with van der Waals surface area (Å²) in [6, 6.07) is 32.1. The summed E-state index contributed by atoms with van der Waals surface area (Å²) >= 11 is 0. The number of para-hydroxylation sites is 1. The first-order chi connectivity index (χ1) is 22.1. The number of amides is 1. The smallest absolute Gasteiger partial charge is 0.349 e. The van der Waals surface area contributed by atoms with Crippen molar-refractivity contribution in [2.45, 2.75) is 18.2 Å². The number of rotatable bonds is 8. The number of likely N-dealkylation sites (N-methyl/N-ethyl adjacent to an activating group) is 1. The lowest BCUT2D eigenvalue weighted by Gasteiger charge is -2.21. The van der Waals surface area contributed by atoms with Gasteiger partial charge in [-0.1, -0.05) is 84.9 Å². The number of benzene rings is 4. The summed E-state index contributed by atoms with van der Waals surface area (Å²) in [5.41, 5.74) is 10.1. The van der Waals surface area contributed by atoms with Crippen molar-refractivity contribution in [2.24, 2.45) is 5.73 Å². The molecule has 4 N–H and O–H groups in total. The van der Waals surface area contributed by atoms with Crippen LogP contribution in [0.1, 0.15) is 31.8 Å². The Bertz CT molecular complexity index is 1670. The number of esters is 2. The Hall–Kier alpha value is -6.07.